The van der Waals surface area contributed by atoms with Crippen molar-refractivity contribution >= 4 is 34.9 Å². The summed E-state index contributed by atoms with van der Waals surface area (Å²) >= 11 is 12.2. The van der Waals surface area contributed by atoms with Gasteiger partial charge in [-0.3, -0.25) is 0 Å². The van der Waals surface area contributed by atoms with E-state index in [0.29, 0.717) is 28.6 Å². The lowest BCUT2D eigenvalue weighted by atomic mass is 9.95. The molecule has 3 N–H and O–H groups in total. The van der Waals surface area contributed by atoms with Gasteiger partial charge in [0.25, 0.3) is 0 Å². The normalized spacial score (nSPS) is 16.0. The van der Waals surface area contributed by atoms with Gasteiger partial charge in [0.15, 0.2) is 0 Å². The van der Waals surface area contributed by atoms with E-state index in [0.717, 1.165) is 38.3 Å². The number of benzene rings is 2. The number of anilines is 1. The molecule has 1 aliphatic heterocycles. The molecule has 0 bridgehead atoms. The SMILES string of the molecule is O=C(NCC(CCN1CCNCC1)c1ccc(Cl)c(Cl)c1)Nc1cc(C(F)(F)F)cc(C(F)(F)F)c1. The molecular weight excluding hydrogens is 533 g/mol. The minimum Gasteiger partial charge on any atom is -0.337 e. The summed E-state index contributed by atoms with van der Waals surface area (Å²) in [6.45, 7) is 4.22. The van der Waals surface area contributed by atoms with Crippen LogP contribution < -0.4 is 16.0 Å². The number of hydrogen-bond donors (Lipinski definition) is 3. The van der Waals surface area contributed by atoms with Crippen molar-refractivity contribution < 1.29 is 31.1 Å². The number of halogens is 8. The Balaban J connectivity index is 1.72. The number of urea groups is 1. The summed E-state index contributed by atoms with van der Waals surface area (Å²) < 4.78 is 78.5. The van der Waals surface area contributed by atoms with Gasteiger partial charge in [-0.25, -0.2) is 4.79 Å². The summed E-state index contributed by atoms with van der Waals surface area (Å²) in [6, 6.07) is 5.03. The van der Waals surface area contributed by atoms with Gasteiger partial charge in [-0.15, -0.1) is 0 Å². The quantitative estimate of drug-likeness (QED) is 0.354. The van der Waals surface area contributed by atoms with Gasteiger partial charge in [0, 0.05) is 44.3 Å². The molecule has 1 fully saturated rings. The van der Waals surface area contributed by atoms with Gasteiger partial charge in [-0.2, -0.15) is 26.3 Å². The monoisotopic (exact) mass is 556 g/mol. The van der Waals surface area contributed by atoms with Gasteiger partial charge in [-0.05, 0) is 48.9 Å². The van der Waals surface area contributed by atoms with Crippen LogP contribution in [0.4, 0.5) is 36.8 Å². The van der Waals surface area contributed by atoms with E-state index in [1.54, 1.807) is 18.2 Å². The highest BCUT2D eigenvalue weighted by atomic mass is 35.5. The average molecular weight is 557 g/mol. The summed E-state index contributed by atoms with van der Waals surface area (Å²) in [5.74, 6) is -0.229. The second-order valence-electron chi connectivity index (χ2n) is 8.38. The maximum Gasteiger partial charge on any atom is 0.416 e. The van der Waals surface area contributed by atoms with Crippen LogP contribution in [0.1, 0.15) is 29.0 Å². The second-order valence-corrected chi connectivity index (χ2v) is 9.19. The molecule has 1 saturated heterocycles. The largest absolute Gasteiger partial charge is 0.416 e. The Hall–Kier alpha value is -2.21. The predicted molar refractivity (Wildman–Crippen MR) is 127 cm³/mol. The standard InChI is InChI=1S/C23H24Cl2F6N4O/c24-19-2-1-14(9-20(19)25)15(3-6-35-7-4-32-5-8-35)13-33-21(36)34-18-11-16(22(26,27)28)10-17(12-18)23(29,30)31/h1-2,9-12,15,32H,3-8,13H2,(H2,33,34,36). The number of carbonyl (C=O) groups excluding carboxylic acids is 1. The number of alkyl halides is 6. The van der Waals surface area contributed by atoms with Crippen LogP contribution in [0.15, 0.2) is 36.4 Å². The minimum absolute atomic E-state index is 0.000489. The van der Waals surface area contributed by atoms with E-state index in [1.165, 1.54) is 0 Å². The zero-order chi connectivity index (χ0) is 26.5. The second kappa shape index (κ2) is 11.9. The molecule has 2 amide bonds. The van der Waals surface area contributed by atoms with E-state index in [2.05, 4.69) is 20.9 Å². The number of nitrogens with zero attached hydrogens (tertiary/aromatic N) is 1. The first-order valence-electron chi connectivity index (χ1n) is 11.1. The number of nitrogens with one attached hydrogen (secondary N) is 3. The summed E-state index contributed by atoms with van der Waals surface area (Å²) in [5, 5.41) is 8.58. The van der Waals surface area contributed by atoms with Gasteiger partial charge < -0.3 is 20.9 Å². The minimum atomic E-state index is -5.02. The molecule has 0 saturated carbocycles. The van der Waals surface area contributed by atoms with Crippen molar-refractivity contribution in [1.82, 2.24) is 15.5 Å². The van der Waals surface area contributed by atoms with Crippen molar-refractivity contribution in [3.8, 4) is 0 Å². The number of amides is 2. The molecule has 198 valence electrons. The summed E-state index contributed by atoms with van der Waals surface area (Å²) in [4.78, 5) is 14.7. The molecule has 1 unspecified atom stereocenters. The predicted octanol–water partition coefficient (Wildman–Crippen LogP) is 6.23. The van der Waals surface area contributed by atoms with E-state index < -0.39 is 35.2 Å². The van der Waals surface area contributed by atoms with Crippen LogP contribution in [0.25, 0.3) is 0 Å². The zero-order valence-corrected chi connectivity index (χ0v) is 20.4. The van der Waals surface area contributed by atoms with Gasteiger partial charge in [0.05, 0.1) is 21.2 Å². The first kappa shape index (κ1) is 28.4. The molecule has 2 aromatic carbocycles. The van der Waals surface area contributed by atoms with Gasteiger partial charge >= 0.3 is 18.4 Å². The Bertz CT molecular complexity index is 1030. The van der Waals surface area contributed by atoms with E-state index in [9.17, 15) is 31.1 Å². The smallest absolute Gasteiger partial charge is 0.337 e. The zero-order valence-electron chi connectivity index (χ0n) is 18.9. The summed E-state index contributed by atoms with van der Waals surface area (Å²) in [7, 11) is 0. The van der Waals surface area contributed by atoms with Crippen LogP contribution >= 0.6 is 23.2 Å². The average Bonchev–Trinajstić information content (AvgIpc) is 2.80. The van der Waals surface area contributed by atoms with Crippen LogP contribution in [0.2, 0.25) is 10.0 Å². The molecule has 2 aromatic rings. The molecule has 0 aromatic heterocycles. The fourth-order valence-electron chi connectivity index (χ4n) is 3.84. The molecule has 36 heavy (non-hydrogen) atoms. The molecule has 3 rings (SSSR count). The van der Waals surface area contributed by atoms with Crippen molar-refractivity contribution in [2.24, 2.45) is 0 Å². The fourth-order valence-corrected chi connectivity index (χ4v) is 4.15. The highest BCUT2D eigenvalue weighted by Gasteiger charge is 2.37. The maximum absolute atomic E-state index is 13.1. The molecule has 0 radical (unpaired) electrons. The highest BCUT2D eigenvalue weighted by Crippen LogP contribution is 2.37. The Labute approximate surface area is 214 Å². The Kier molecular flexibility index (Phi) is 9.37. The summed E-state index contributed by atoms with van der Waals surface area (Å²) in [6.07, 6.45) is -9.41. The Morgan fingerprint density at radius 1 is 0.944 bits per heavy atom. The first-order chi connectivity index (χ1) is 16.8. The van der Waals surface area contributed by atoms with Crippen molar-refractivity contribution in [2.75, 3.05) is 44.6 Å². The lowest BCUT2D eigenvalue weighted by Gasteiger charge is -2.29. The number of carbonyl (C=O) groups is 1. The van der Waals surface area contributed by atoms with Crippen LogP contribution in [0.5, 0.6) is 0 Å². The molecular formula is C23H24Cl2F6N4O. The van der Waals surface area contributed by atoms with Gasteiger partial charge in [0.2, 0.25) is 0 Å². The number of rotatable bonds is 7. The fraction of sp³-hybridized carbons (Fsp3) is 0.435. The third kappa shape index (κ3) is 8.16. The van der Waals surface area contributed by atoms with Gasteiger partial charge in [-0.1, -0.05) is 29.3 Å². The van der Waals surface area contributed by atoms with Crippen molar-refractivity contribution in [2.45, 2.75) is 24.7 Å². The molecule has 0 aliphatic carbocycles. The third-order valence-electron chi connectivity index (χ3n) is 5.77. The van der Waals surface area contributed by atoms with E-state index in [4.69, 9.17) is 23.2 Å². The maximum atomic E-state index is 13.1. The Morgan fingerprint density at radius 2 is 1.56 bits per heavy atom. The van der Waals surface area contributed by atoms with Crippen molar-refractivity contribution in [1.29, 1.82) is 0 Å². The van der Waals surface area contributed by atoms with Crippen LogP contribution in [0.3, 0.4) is 0 Å². The van der Waals surface area contributed by atoms with E-state index in [-0.39, 0.29) is 18.5 Å². The molecule has 0 spiro atoms. The van der Waals surface area contributed by atoms with Crippen molar-refractivity contribution in [3.63, 3.8) is 0 Å². The topological polar surface area (TPSA) is 56.4 Å². The Morgan fingerprint density at radius 3 is 2.11 bits per heavy atom. The number of hydrogen-bond acceptors (Lipinski definition) is 3. The molecule has 1 heterocycles. The van der Waals surface area contributed by atoms with Crippen molar-refractivity contribution in [3.05, 3.63) is 63.1 Å². The lowest BCUT2D eigenvalue weighted by Crippen LogP contribution is -2.44. The van der Waals surface area contributed by atoms with Gasteiger partial charge in [0.1, 0.15) is 0 Å². The highest BCUT2D eigenvalue weighted by molar-refractivity contribution is 6.42. The third-order valence-corrected chi connectivity index (χ3v) is 6.51. The molecule has 13 heteroatoms. The van der Waals surface area contributed by atoms with Crippen LogP contribution in [0, 0.1) is 0 Å². The molecule has 1 aliphatic rings. The number of piperazine rings is 1. The van der Waals surface area contributed by atoms with Crippen LogP contribution in [-0.4, -0.2) is 50.2 Å². The summed E-state index contributed by atoms with van der Waals surface area (Å²) in [5.41, 5.74) is -2.87. The van der Waals surface area contributed by atoms with Crippen LogP contribution in [-0.2, 0) is 12.4 Å². The van der Waals surface area contributed by atoms with E-state index in [1.807, 2.05) is 0 Å². The first-order valence-corrected chi connectivity index (χ1v) is 11.8. The molecule has 1 atom stereocenters. The lowest BCUT2D eigenvalue weighted by molar-refractivity contribution is -0.143. The molecule has 5 nitrogen and oxygen atoms in total. The van der Waals surface area contributed by atoms with E-state index >= 15 is 0 Å².